The van der Waals surface area contributed by atoms with Crippen molar-refractivity contribution in [3.63, 3.8) is 0 Å². The monoisotopic (exact) mass is 455 g/mol. The van der Waals surface area contributed by atoms with E-state index in [1.165, 1.54) is 30.3 Å². The van der Waals surface area contributed by atoms with Crippen LogP contribution in [-0.4, -0.2) is 24.9 Å². The summed E-state index contributed by atoms with van der Waals surface area (Å²) in [5, 5.41) is 2.64. The molecule has 1 amide bonds. The number of hydrogen-bond donors (Lipinski definition) is 1. The number of hydrogen-bond acceptors (Lipinski definition) is 4. The molecule has 0 spiro atoms. The number of nitrogens with one attached hydrogen (secondary N) is 1. The van der Waals surface area contributed by atoms with Crippen molar-refractivity contribution in [3.8, 4) is 11.5 Å². The highest BCUT2D eigenvalue weighted by molar-refractivity contribution is 9.10. The molecule has 0 saturated carbocycles. The second-order valence-corrected chi connectivity index (χ2v) is 7.23. The number of amides is 1. The number of halogens is 2. The average molecular weight is 456 g/mol. The molecule has 3 aromatic carbocycles. The Hall–Kier alpha value is -3.19. The van der Waals surface area contributed by atoms with Crippen LogP contribution in [0.5, 0.6) is 11.5 Å². The van der Waals surface area contributed by atoms with E-state index in [9.17, 15) is 14.0 Å². The summed E-state index contributed by atoms with van der Waals surface area (Å²) in [6.07, 6.45) is 0. The van der Waals surface area contributed by atoms with Gasteiger partial charge in [0.25, 0.3) is 5.91 Å². The van der Waals surface area contributed by atoms with Crippen molar-refractivity contribution in [1.82, 2.24) is 0 Å². The Bertz CT molecular complexity index is 1100. The molecule has 0 bridgehead atoms. The molecular weight excluding hydrogens is 441 g/mol. The van der Waals surface area contributed by atoms with E-state index < -0.39 is 11.7 Å². The number of fused-ring (bicyclic) bond motifs is 1. The van der Waals surface area contributed by atoms with Crippen LogP contribution in [0, 0.1) is 5.82 Å². The highest BCUT2D eigenvalue weighted by atomic mass is 79.9. The van der Waals surface area contributed by atoms with Gasteiger partial charge in [0.15, 0.2) is 17.3 Å². The highest BCUT2D eigenvalue weighted by Crippen LogP contribution is 2.37. The smallest absolute Gasteiger partial charge is 0.258 e. The van der Waals surface area contributed by atoms with Gasteiger partial charge in [-0.25, -0.2) is 4.39 Å². The van der Waals surface area contributed by atoms with Crippen LogP contribution in [0.15, 0.2) is 65.1 Å². The molecule has 1 N–H and O–H groups in total. The highest BCUT2D eigenvalue weighted by Gasteiger charge is 2.23. The van der Waals surface area contributed by atoms with Gasteiger partial charge in [-0.05, 0) is 42.5 Å². The van der Waals surface area contributed by atoms with Gasteiger partial charge in [0.1, 0.15) is 19.0 Å². The fourth-order valence-corrected chi connectivity index (χ4v) is 3.24. The third-order valence-corrected chi connectivity index (χ3v) is 4.93. The quantitative estimate of drug-likeness (QED) is 0.571. The van der Waals surface area contributed by atoms with Crippen molar-refractivity contribution in [2.75, 3.05) is 18.5 Å². The SMILES string of the molecule is O=C(Nc1cc2c(cc1C(=O)c1ccc(Br)cc1)OCCO2)c1ccccc1F. The Labute approximate surface area is 174 Å². The van der Waals surface area contributed by atoms with Crippen LogP contribution in [-0.2, 0) is 0 Å². The number of carbonyl (C=O) groups is 2. The predicted molar refractivity (Wildman–Crippen MR) is 109 cm³/mol. The minimum atomic E-state index is -0.662. The Balaban J connectivity index is 1.75. The third kappa shape index (κ3) is 4.00. The van der Waals surface area contributed by atoms with E-state index in [1.807, 2.05) is 0 Å². The molecule has 0 aromatic heterocycles. The van der Waals surface area contributed by atoms with E-state index >= 15 is 0 Å². The van der Waals surface area contributed by atoms with Crippen molar-refractivity contribution < 1.29 is 23.5 Å². The summed E-state index contributed by atoms with van der Waals surface area (Å²) < 4.78 is 26.0. The van der Waals surface area contributed by atoms with Crippen LogP contribution in [0.2, 0.25) is 0 Å². The topological polar surface area (TPSA) is 64.6 Å². The maximum Gasteiger partial charge on any atom is 0.258 e. The first-order valence-electron chi connectivity index (χ1n) is 8.83. The van der Waals surface area contributed by atoms with Crippen LogP contribution >= 0.6 is 15.9 Å². The Morgan fingerprint density at radius 1 is 0.897 bits per heavy atom. The molecule has 1 aliphatic heterocycles. The van der Waals surface area contributed by atoms with Gasteiger partial charge in [-0.1, -0.05) is 28.1 Å². The summed E-state index contributed by atoms with van der Waals surface area (Å²) in [5.41, 5.74) is 0.757. The Kier molecular flexibility index (Phi) is 5.31. The number of anilines is 1. The first-order valence-corrected chi connectivity index (χ1v) is 9.62. The van der Waals surface area contributed by atoms with Crippen molar-refractivity contribution >= 4 is 33.3 Å². The zero-order valence-corrected chi connectivity index (χ0v) is 16.7. The summed E-state index contributed by atoms with van der Waals surface area (Å²) >= 11 is 3.34. The Morgan fingerprint density at radius 2 is 1.55 bits per heavy atom. The maximum atomic E-state index is 14.0. The molecule has 3 aromatic rings. The van der Waals surface area contributed by atoms with E-state index in [4.69, 9.17) is 9.47 Å². The third-order valence-electron chi connectivity index (χ3n) is 4.40. The van der Waals surface area contributed by atoms with E-state index in [2.05, 4.69) is 21.2 Å². The van der Waals surface area contributed by atoms with Gasteiger partial charge in [0, 0.05) is 16.1 Å². The number of ketones is 1. The number of benzene rings is 3. The fourth-order valence-electron chi connectivity index (χ4n) is 2.97. The molecule has 0 aliphatic carbocycles. The molecule has 1 heterocycles. The van der Waals surface area contributed by atoms with E-state index in [-0.39, 0.29) is 22.6 Å². The van der Waals surface area contributed by atoms with Crippen molar-refractivity contribution in [2.24, 2.45) is 0 Å². The minimum Gasteiger partial charge on any atom is -0.486 e. The number of rotatable bonds is 4. The molecule has 4 rings (SSSR count). The van der Waals surface area contributed by atoms with Crippen LogP contribution in [0.25, 0.3) is 0 Å². The number of ether oxygens (including phenoxy) is 2. The first kappa shape index (κ1) is 19.1. The van der Waals surface area contributed by atoms with Crippen molar-refractivity contribution in [2.45, 2.75) is 0 Å². The molecule has 0 fully saturated rings. The predicted octanol–water partition coefficient (Wildman–Crippen LogP) is 4.84. The van der Waals surface area contributed by atoms with Gasteiger partial charge in [-0.2, -0.15) is 0 Å². The molecule has 5 nitrogen and oxygen atoms in total. The first-order chi connectivity index (χ1) is 14.0. The van der Waals surface area contributed by atoms with Gasteiger partial charge in [-0.3, -0.25) is 9.59 Å². The van der Waals surface area contributed by atoms with E-state index in [0.717, 1.165) is 4.47 Å². The van der Waals surface area contributed by atoms with Crippen LogP contribution < -0.4 is 14.8 Å². The largest absolute Gasteiger partial charge is 0.486 e. The van der Waals surface area contributed by atoms with Gasteiger partial charge >= 0.3 is 0 Å². The molecule has 146 valence electrons. The lowest BCUT2D eigenvalue weighted by molar-refractivity contribution is 0.102. The minimum absolute atomic E-state index is 0.121. The van der Waals surface area contributed by atoms with Crippen LogP contribution in [0.3, 0.4) is 0 Å². The summed E-state index contributed by atoms with van der Waals surface area (Å²) in [7, 11) is 0. The zero-order chi connectivity index (χ0) is 20.4. The van der Waals surface area contributed by atoms with Gasteiger partial charge in [0.05, 0.1) is 16.8 Å². The van der Waals surface area contributed by atoms with E-state index in [0.29, 0.717) is 30.3 Å². The van der Waals surface area contributed by atoms with Gasteiger partial charge in [-0.15, -0.1) is 0 Å². The number of carbonyl (C=O) groups excluding carboxylic acids is 2. The van der Waals surface area contributed by atoms with Crippen molar-refractivity contribution in [1.29, 1.82) is 0 Å². The molecule has 0 saturated heterocycles. The fraction of sp³-hybridized carbons (Fsp3) is 0.0909. The standard InChI is InChI=1S/C22H15BrFNO4/c23-14-7-5-13(6-8-14)21(26)16-11-19-20(29-10-9-28-19)12-18(16)25-22(27)15-3-1-2-4-17(15)24/h1-8,11-12H,9-10H2,(H,25,27). The lowest BCUT2D eigenvalue weighted by Crippen LogP contribution is -2.19. The van der Waals surface area contributed by atoms with Crippen LogP contribution in [0.4, 0.5) is 10.1 Å². The molecule has 29 heavy (non-hydrogen) atoms. The molecule has 1 aliphatic rings. The van der Waals surface area contributed by atoms with Gasteiger partial charge < -0.3 is 14.8 Å². The lowest BCUT2D eigenvalue weighted by atomic mass is 10.0. The summed E-state index contributed by atoms with van der Waals surface area (Å²) in [4.78, 5) is 25.7. The van der Waals surface area contributed by atoms with Crippen LogP contribution in [0.1, 0.15) is 26.3 Å². The lowest BCUT2D eigenvalue weighted by Gasteiger charge is -2.21. The summed E-state index contributed by atoms with van der Waals surface area (Å²) in [6, 6.07) is 15.6. The van der Waals surface area contributed by atoms with Gasteiger partial charge in [0.2, 0.25) is 0 Å². The molecular formula is C22H15BrFNO4. The maximum absolute atomic E-state index is 14.0. The second-order valence-electron chi connectivity index (χ2n) is 6.31. The summed E-state index contributed by atoms with van der Waals surface area (Å²) in [6.45, 7) is 0.716. The van der Waals surface area contributed by atoms with E-state index in [1.54, 1.807) is 30.3 Å². The molecule has 0 radical (unpaired) electrons. The normalized spacial score (nSPS) is 12.3. The Morgan fingerprint density at radius 3 is 2.24 bits per heavy atom. The molecule has 7 heteroatoms. The zero-order valence-electron chi connectivity index (χ0n) is 15.1. The average Bonchev–Trinajstić information content (AvgIpc) is 2.73. The summed E-state index contributed by atoms with van der Waals surface area (Å²) in [5.74, 6) is -0.792. The molecule has 0 atom stereocenters. The second kappa shape index (κ2) is 8.05. The molecule has 0 unspecified atom stereocenters. The van der Waals surface area contributed by atoms with Crippen molar-refractivity contribution in [3.05, 3.63) is 87.6 Å².